The number of aromatic nitrogens is 2. The molecule has 0 radical (unpaired) electrons. The van der Waals surface area contributed by atoms with Gasteiger partial charge < -0.3 is 9.13 Å². The Labute approximate surface area is 159 Å². The van der Waals surface area contributed by atoms with Gasteiger partial charge in [0.25, 0.3) is 0 Å². The Morgan fingerprint density at radius 3 is 1.59 bits per heavy atom. The third kappa shape index (κ3) is 2.41. The maximum absolute atomic E-state index is 3.98. The summed E-state index contributed by atoms with van der Waals surface area (Å²) in [6, 6.07) is 17.8. The second-order valence-electron chi connectivity index (χ2n) is 7.18. The van der Waals surface area contributed by atoms with Crippen molar-refractivity contribution in [2.75, 3.05) is 0 Å². The monoisotopic (exact) mass is 350 g/mol. The highest BCUT2D eigenvalue weighted by Gasteiger charge is 2.24. The van der Waals surface area contributed by atoms with Crippen LogP contribution in [0.3, 0.4) is 0 Å². The van der Waals surface area contributed by atoms with E-state index in [0.29, 0.717) is 12.1 Å². The number of allylic oxidation sites excluding steroid dienone is 2. The summed E-state index contributed by atoms with van der Waals surface area (Å²) in [5, 5.41) is 2.54. The molecule has 0 aliphatic heterocycles. The molecule has 2 nitrogen and oxygen atoms in total. The largest absolute Gasteiger partial charge is 0.340 e. The zero-order valence-electron chi connectivity index (χ0n) is 15.3. The van der Waals surface area contributed by atoms with Gasteiger partial charge in [0.2, 0.25) is 0 Å². The van der Waals surface area contributed by atoms with Gasteiger partial charge in [-0.25, -0.2) is 0 Å². The second-order valence-corrected chi connectivity index (χ2v) is 7.18. The van der Waals surface area contributed by atoms with Gasteiger partial charge in [0.1, 0.15) is 0 Å². The van der Waals surface area contributed by atoms with Crippen LogP contribution >= 0.6 is 0 Å². The van der Waals surface area contributed by atoms with Gasteiger partial charge >= 0.3 is 0 Å². The van der Waals surface area contributed by atoms with Crippen molar-refractivity contribution in [3.05, 3.63) is 97.4 Å². The first kappa shape index (κ1) is 16.0. The quantitative estimate of drug-likeness (QED) is 0.366. The molecule has 0 spiro atoms. The highest BCUT2D eigenvalue weighted by atomic mass is 15.1. The summed E-state index contributed by atoms with van der Waals surface area (Å²) in [5.74, 6) is 0. The van der Waals surface area contributed by atoms with Gasteiger partial charge in [0.05, 0.1) is 12.1 Å². The fourth-order valence-corrected chi connectivity index (χ4v) is 4.41. The van der Waals surface area contributed by atoms with Gasteiger partial charge in [-0.1, -0.05) is 73.9 Å². The van der Waals surface area contributed by atoms with Crippen molar-refractivity contribution in [1.29, 1.82) is 0 Å². The van der Waals surface area contributed by atoms with Crippen molar-refractivity contribution >= 4 is 34.0 Å². The number of fused-ring (bicyclic) bond motifs is 2. The smallest absolute Gasteiger partial charge is 0.0540 e. The zero-order valence-corrected chi connectivity index (χ0v) is 15.3. The lowest BCUT2D eigenvalue weighted by Crippen LogP contribution is -2.08. The summed E-state index contributed by atoms with van der Waals surface area (Å²) in [6.45, 7) is 7.97. The first-order valence-electron chi connectivity index (χ1n) is 9.42. The number of hydrogen-bond donors (Lipinski definition) is 0. The van der Waals surface area contributed by atoms with Crippen molar-refractivity contribution in [3.8, 4) is 0 Å². The number of para-hydroxylation sites is 2. The van der Waals surface area contributed by atoms with Crippen LogP contribution in [0.15, 0.2) is 86.2 Å². The molecule has 0 unspecified atom stereocenters. The number of hydrogen-bond acceptors (Lipinski definition) is 0. The number of rotatable bonds is 4. The molecule has 0 N–H and O–H groups in total. The molecule has 5 rings (SSSR count). The summed E-state index contributed by atoms with van der Waals surface area (Å²) < 4.78 is 4.78. The van der Waals surface area contributed by atoms with E-state index in [4.69, 9.17) is 0 Å². The van der Waals surface area contributed by atoms with Crippen LogP contribution in [0.1, 0.15) is 29.6 Å². The van der Waals surface area contributed by atoms with Gasteiger partial charge in [-0.15, -0.1) is 0 Å². The topological polar surface area (TPSA) is 9.86 Å². The normalized spacial score (nSPS) is 19.1. The summed E-state index contributed by atoms with van der Waals surface area (Å²) in [7, 11) is 0. The molecular weight excluding hydrogens is 328 g/mol. The van der Waals surface area contributed by atoms with Crippen LogP contribution in [-0.4, -0.2) is 9.13 Å². The number of benzene rings is 2. The predicted octanol–water partition coefficient (Wildman–Crippen LogP) is 6.62. The molecule has 2 aromatic carbocycles. The molecule has 132 valence electrons. The van der Waals surface area contributed by atoms with Crippen LogP contribution in [0, 0.1) is 0 Å². The molecule has 4 aromatic rings. The Bertz CT molecular complexity index is 1110. The van der Waals surface area contributed by atoms with E-state index in [1.54, 1.807) is 0 Å². The summed E-state index contributed by atoms with van der Waals surface area (Å²) in [4.78, 5) is 0. The van der Waals surface area contributed by atoms with Gasteiger partial charge in [0, 0.05) is 34.2 Å². The molecule has 2 heteroatoms. The Morgan fingerprint density at radius 1 is 0.704 bits per heavy atom. The molecule has 0 saturated heterocycles. The summed E-state index contributed by atoms with van der Waals surface area (Å²) in [6.07, 6.45) is 14.1. The van der Waals surface area contributed by atoms with Crippen molar-refractivity contribution in [2.45, 2.75) is 18.5 Å². The SMILES string of the molecule is C=Cc1cn([C@@H]2C=C[C@H](n3cc(C=C)c4ccccc43)C2)c2ccccc12. The molecule has 2 aromatic heterocycles. The average Bonchev–Trinajstić information content (AvgIpc) is 3.42. The van der Waals surface area contributed by atoms with E-state index < -0.39 is 0 Å². The molecule has 0 amide bonds. The first-order valence-corrected chi connectivity index (χ1v) is 9.42. The van der Waals surface area contributed by atoms with Crippen LogP contribution < -0.4 is 0 Å². The maximum atomic E-state index is 3.98. The minimum Gasteiger partial charge on any atom is -0.340 e. The fourth-order valence-electron chi connectivity index (χ4n) is 4.41. The van der Waals surface area contributed by atoms with E-state index in [-0.39, 0.29) is 0 Å². The van der Waals surface area contributed by atoms with Crippen molar-refractivity contribution in [3.63, 3.8) is 0 Å². The van der Waals surface area contributed by atoms with Crippen molar-refractivity contribution in [1.82, 2.24) is 9.13 Å². The third-order valence-corrected chi connectivity index (χ3v) is 5.74. The van der Waals surface area contributed by atoms with Gasteiger partial charge in [-0.05, 0) is 29.7 Å². The van der Waals surface area contributed by atoms with E-state index in [1.165, 1.54) is 32.9 Å². The lowest BCUT2D eigenvalue weighted by atomic mass is 10.1. The van der Waals surface area contributed by atoms with E-state index in [9.17, 15) is 0 Å². The third-order valence-electron chi connectivity index (χ3n) is 5.74. The molecule has 1 aliphatic rings. The van der Waals surface area contributed by atoms with E-state index in [1.807, 2.05) is 12.2 Å². The van der Waals surface area contributed by atoms with E-state index in [0.717, 1.165) is 6.42 Å². The van der Waals surface area contributed by atoms with Crippen molar-refractivity contribution in [2.24, 2.45) is 0 Å². The van der Waals surface area contributed by atoms with Gasteiger partial charge in [-0.2, -0.15) is 0 Å². The maximum Gasteiger partial charge on any atom is 0.0540 e. The molecule has 0 fully saturated rings. The Morgan fingerprint density at radius 2 is 1.15 bits per heavy atom. The molecule has 1 aliphatic carbocycles. The van der Waals surface area contributed by atoms with Gasteiger partial charge in [-0.3, -0.25) is 0 Å². The summed E-state index contributed by atoms with van der Waals surface area (Å²) in [5.41, 5.74) is 4.93. The molecule has 2 heterocycles. The standard InChI is InChI=1S/C25H22N2/c1-3-18-16-26(24-11-7-5-9-22(18)24)20-13-14-21(15-20)27-17-19(4-2)23-10-6-8-12-25(23)27/h3-14,16-17,20-21H,1-2,15H2/t20-,21+. The summed E-state index contributed by atoms with van der Waals surface area (Å²) >= 11 is 0. The van der Waals surface area contributed by atoms with Gasteiger partial charge in [0.15, 0.2) is 0 Å². The zero-order chi connectivity index (χ0) is 18.4. The lowest BCUT2D eigenvalue weighted by Gasteiger charge is -2.17. The second kappa shape index (κ2) is 6.17. The molecular formula is C25H22N2. The Kier molecular flexibility index (Phi) is 3.64. The fraction of sp³-hybridized carbons (Fsp3) is 0.120. The minimum atomic E-state index is 0.349. The Hall–Kier alpha value is -3.26. The molecule has 2 atom stereocenters. The average molecular weight is 350 g/mol. The minimum absolute atomic E-state index is 0.349. The van der Waals surface area contributed by atoms with Crippen molar-refractivity contribution < 1.29 is 0 Å². The van der Waals surface area contributed by atoms with Crippen LogP contribution in [0.25, 0.3) is 34.0 Å². The predicted molar refractivity (Wildman–Crippen MR) is 116 cm³/mol. The molecule has 27 heavy (non-hydrogen) atoms. The highest BCUT2D eigenvalue weighted by Crippen LogP contribution is 2.37. The highest BCUT2D eigenvalue weighted by molar-refractivity contribution is 5.90. The van der Waals surface area contributed by atoms with Crippen LogP contribution in [0.2, 0.25) is 0 Å². The van der Waals surface area contributed by atoms with Crippen LogP contribution in [0.4, 0.5) is 0 Å². The van der Waals surface area contributed by atoms with Crippen LogP contribution in [0.5, 0.6) is 0 Å². The Balaban J connectivity index is 1.54. The molecule has 0 bridgehead atoms. The molecule has 0 saturated carbocycles. The lowest BCUT2D eigenvalue weighted by molar-refractivity contribution is 0.509. The van der Waals surface area contributed by atoms with E-state index >= 15 is 0 Å². The van der Waals surface area contributed by atoms with Crippen LogP contribution in [-0.2, 0) is 0 Å². The number of nitrogens with zero attached hydrogens (tertiary/aromatic N) is 2. The first-order chi connectivity index (χ1) is 13.3. The van der Waals surface area contributed by atoms with E-state index in [2.05, 4.69) is 95.4 Å².